The molecule has 1 amide bonds. The van der Waals surface area contributed by atoms with Gasteiger partial charge in [0.05, 0.1) is 6.20 Å². The molecule has 0 unspecified atom stereocenters. The SMILES string of the molecule is C.C=CC(=O)Nc1cccc(Nc2nc(Nc3ccccc3)ncc2C#N)c1. The summed E-state index contributed by atoms with van der Waals surface area (Å²) in [5, 5.41) is 18.2. The Bertz CT molecular complexity index is 1010. The van der Waals surface area contributed by atoms with Gasteiger partial charge in [0.15, 0.2) is 5.82 Å². The highest BCUT2D eigenvalue weighted by Crippen LogP contribution is 2.23. The summed E-state index contributed by atoms with van der Waals surface area (Å²) < 4.78 is 0. The summed E-state index contributed by atoms with van der Waals surface area (Å²) in [5.74, 6) is 0.415. The third-order valence-corrected chi connectivity index (χ3v) is 3.52. The molecule has 2 aromatic carbocycles. The van der Waals surface area contributed by atoms with Gasteiger partial charge in [0.2, 0.25) is 11.9 Å². The average molecular weight is 372 g/mol. The molecular formula is C21H20N6O. The second-order valence-corrected chi connectivity index (χ2v) is 5.46. The highest BCUT2D eigenvalue weighted by molar-refractivity contribution is 5.99. The lowest BCUT2D eigenvalue weighted by molar-refractivity contribution is -0.111. The predicted molar refractivity (Wildman–Crippen MR) is 112 cm³/mol. The number of hydrogen-bond donors (Lipinski definition) is 3. The number of anilines is 5. The molecule has 28 heavy (non-hydrogen) atoms. The van der Waals surface area contributed by atoms with E-state index < -0.39 is 0 Å². The van der Waals surface area contributed by atoms with Gasteiger partial charge in [0.25, 0.3) is 0 Å². The Morgan fingerprint density at radius 1 is 1.04 bits per heavy atom. The van der Waals surface area contributed by atoms with E-state index >= 15 is 0 Å². The number of carbonyl (C=O) groups is 1. The van der Waals surface area contributed by atoms with Gasteiger partial charge in [-0.1, -0.05) is 38.3 Å². The molecule has 0 aliphatic heterocycles. The van der Waals surface area contributed by atoms with E-state index in [4.69, 9.17) is 0 Å². The average Bonchev–Trinajstić information content (AvgIpc) is 2.69. The fourth-order valence-corrected chi connectivity index (χ4v) is 2.27. The maximum Gasteiger partial charge on any atom is 0.247 e. The van der Waals surface area contributed by atoms with Crippen LogP contribution in [0, 0.1) is 11.3 Å². The summed E-state index contributed by atoms with van der Waals surface area (Å²) >= 11 is 0. The van der Waals surface area contributed by atoms with Crippen molar-refractivity contribution in [2.24, 2.45) is 0 Å². The largest absolute Gasteiger partial charge is 0.339 e. The van der Waals surface area contributed by atoms with Crippen LogP contribution in [0.3, 0.4) is 0 Å². The van der Waals surface area contributed by atoms with Crippen molar-refractivity contribution in [3.05, 3.63) is 79.0 Å². The van der Waals surface area contributed by atoms with Crippen LogP contribution in [-0.2, 0) is 4.79 Å². The van der Waals surface area contributed by atoms with Crippen molar-refractivity contribution in [2.45, 2.75) is 7.43 Å². The van der Waals surface area contributed by atoms with Crippen LogP contribution in [0.15, 0.2) is 73.4 Å². The molecule has 7 nitrogen and oxygen atoms in total. The molecule has 140 valence electrons. The first-order valence-corrected chi connectivity index (χ1v) is 8.07. The van der Waals surface area contributed by atoms with Gasteiger partial charge in [-0.15, -0.1) is 0 Å². The Labute approximate surface area is 163 Å². The first-order valence-electron chi connectivity index (χ1n) is 8.07. The lowest BCUT2D eigenvalue weighted by Gasteiger charge is -2.11. The molecule has 0 radical (unpaired) electrons. The minimum atomic E-state index is -0.304. The minimum Gasteiger partial charge on any atom is -0.339 e. The number of nitriles is 1. The van der Waals surface area contributed by atoms with Gasteiger partial charge < -0.3 is 16.0 Å². The molecule has 1 aromatic heterocycles. The van der Waals surface area contributed by atoms with Gasteiger partial charge in [-0.2, -0.15) is 10.2 Å². The van der Waals surface area contributed by atoms with Crippen LogP contribution in [0.2, 0.25) is 0 Å². The smallest absolute Gasteiger partial charge is 0.247 e. The number of rotatable bonds is 6. The number of amides is 1. The normalized spacial score (nSPS) is 9.39. The standard InChI is InChI=1S/C20H16N6O.CH4/c1-2-18(27)23-16-9-6-10-17(11-16)24-19-14(12-21)13-22-20(26-19)25-15-7-4-3-5-8-15;/h2-11,13H,1H2,(H,23,27)(H2,22,24,25,26);1H4. The topological polar surface area (TPSA) is 103 Å². The Kier molecular flexibility index (Phi) is 6.83. The highest BCUT2D eigenvalue weighted by atomic mass is 16.1. The van der Waals surface area contributed by atoms with E-state index in [-0.39, 0.29) is 13.3 Å². The predicted octanol–water partition coefficient (Wildman–Crippen LogP) is 4.60. The summed E-state index contributed by atoms with van der Waals surface area (Å²) in [6, 6.07) is 18.6. The quantitative estimate of drug-likeness (QED) is 0.547. The zero-order valence-corrected chi connectivity index (χ0v) is 14.3. The minimum absolute atomic E-state index is 0. The molecule has 0 atom stereocenters. The summed E-state index contributed by atoms with van der Waals surface area (Å²) in [6.07, 6.45) is 2.64. The maximum atomic E-state index is 11.4. The van der Waals surface area contributed by atoms with E-state index in [1.54, 1.807) is 24.3 Å². The second-order valence-electron chi connectivity index (χ2n) is 5.46. The maximum absolute atomic E-state index is 11.4. The van der Waals surface area contributed by atoms with Crippen LogP contribution in [0.1, 0.15) is 13.0 Å². The summed E-state index contributed by atoms with van der Waals surface area (Å²) in [5.41, 5.74) is 2.40. The first kappa shape index (κ1) is 20.1. The van der Waals surface area contributed by atoms with E-state index in [9.17, 15) is 10.1 Å². The van der Waals surface area contributed by atoms with Gasteiger partial charge in [0, 0.05) is 17.1 Å². The van der Waals surface area contributed by atoms with Crippen molar-refractivity contribution < 1.29 is 4.79 Å². The zero-order chi connectivity index (χ0) is 19.1. The molecule has 0 aliphatic carbocycles. The highest BCUT2D eigenvalue weighted by Gasteiger charge is 2.08. The van der Waals surface area contributed by atoms with E-state index in [0.717, 1.165) is 5.69 Å². The van der Waals surface area contributed by atoms with Crippen LogP contribution in [0.25, 0.3) is 0 Å². The zero-order valence-electron chi connectivity index (χ0n) is 14.3. The molecule has 3 N–H and O–H groups in total. The number of para-hydroxylation sites is 1. The van der Waals surface area contributed by atoms with Crippen LogP contribution in [0.5, 0.6) is 0 Å². The van der Waals surface area contributed by atoms with Crippen LogP contribution in [-0.4, -0.2) is 15.9 Å². The summed E-state index contributed by atoms with van der Waals surface area (Å²) in [6.45, 7) is 3.43. The number of nitrogens with zero attached hydrogens (tertiary/aromatic N) is 3. The van der Waals surface area contributed by atoms with Crippen molar-refractivity contribution >= 4 is 34.7 Å². The number of hydrogen-bond acceptors (Lipinski definition) is 6. The molecule has 0 saturated heterocycles. The Hall–Kier alpha value is -4.18. The number of benzene rings is 2. The van der Waals surface area contributed by atoms with Crippen LogP contribution >= 0.6 is 0 Å². The molecule has 1 heterocycles. The molecule has 3 aromatic rings. The lowest BCUT2D eigenvalue weighted by atomic mass is 10.2. The van der Waals surface area contributed by atoms with E-state index in [0.29, 0.717) is 28.7 Å². The molecule has 3 rings (SSSR count). The van der Waals surface area contributed by atoms with E-state index in [1.807, 2.05) is 30.3 Å². The van der Waals surface area contributed by atoms with Crippen molar-refractivity contribution in [3.8, 4) is 6.07 Å². The van der Waals surface area contributed by atoms with E-state index in [2.05, 4.69) is 38.6 Å². The molecule has 0 fully saturated rings. The van der Waals surface area contributed by atoms with Crippen molar-refractivity contribution in [1.29, 1.82) is 5.26 Å². The second kappa shape index (κ2) is 9.50. The van der Waals surface area contributed by atoms with Gasteiger partial charge in [0.1, 0.15) is 11.6 Å². The number of aromatic nitrogens is 2. The molecular weight excluding hydrogens is 352 g/mol. The van der Waals surface area contributed by atoms with Crippen molar-refractivity contribution in [1.82, 2.24) is 9.97 Å². The van der Waals surface area contributed by atoms with Crippen molar-refractivity contribution in [3.63, 3.8) is 0 Å². The number of carbonyl (C=O) groups excluding carboxylic acids is 1. The van der Waals surface area contributed by atoms with Gasteiger partial charge in [-0.05, 0) is 36.4 Å². The third kappa shape index (κ3) is 5.16. The fourth-order valence-electron chi connectivity index (χ4n) is 2.27. The molecule has 0 aliphatic rings. The van der Waals surface area contributed by atoms with Crippen LogP contribution in [0.4, 0.5) is 28.8 Å². The molecule has 0 bridgehead atoms. The Morgan fingerprint density at radius 3 is 2.46 bits per heavy atom. The Morgan fingerprint density at radius 2 is 1.75 bits per heavy atom. The molecule has 0 spiro atoms. The Balaban J connectivity index is 0.00000280. The lowest BCUT2D eigenvalue weighted by Crippen LogP contribution is -2.07. The van der Waals surface area contributed by atoms with E-state index in [1.165, 1.54) is 12.3 Å². The molecule has 0 saturated carbocycles. The summed E-state index contributed by atoms with van der Waals surface area (Å²) in [7, 11) is 0. The van der Waals surface area contributed by atoms with Gasteiger partial charge >= 0.3 is 0 Å². The van der Waals surface area contributed by atoms with Gasteiger partial charge in [-0.3, -0.25) is 4.79 Å². The van der Waals surface area contributed by atoms with Crippen molar-refractivity contribution in [2.75, 3.05) is 16.0 Å². The third-order valence-electron chi connectivity index (χ3n) is 3.52. The summed E-state index contributed by atoms with van der Waals surface area (Å²) in [4.78, 5) is 20.0. The van der Waals surface area contributed by atoms with Crippen LogP contribution < -0.4 is 16.0 Å². The molecule has 7 heteroatoms. The fraction of sp³-hybridized carbons (Fsp3) is 0.0476. The van der Waals surface area contributed by atoms with Gasteiger partial charge in [-0.25, -0.2) is 4.98 Å². The number of nitrogens with one attached hydrogen (secondary N) is 3. The monoisotopic (exact) mass is 372 g/mol. The first-order chi connectivity index (χ1) is 13.2.